The van der Waals surface area contributed by atoms with Gasteiger partial charge in [-0.25, -0.2) is 0 Å². The molecule has 0 bridgehead atoms. The number of hydrogen-bond donors (Lipinski definition) is 0. The molecule has 0 fully saturated rings. The Morgan fingerprint density at radius 1 is 1.29 bits per heavy atom. The summed E-state index contributed by atoms with van der Waals surface area (Å²) < 4.78 is 11.9. The molecule has 0 aliphatic heterocycles. The lowest BCUT2D eigenvalue weighted by molar-refractivity contribution is 0.664. The number of hydrogen-bond acceptors (Lipinski definition) is 1. The lowest BCUT2D eigenvalue weighted by Gasteiger charge is -2.19. The topological polar surface area (TPSA) is 17.1 Å². The van der Waals surface area contributed by atoms with Gasteiger partial charge in [0.15, 0.2) is 0 Å². The van der Waals surface area contributed by atoms with Crippen LogP contribution in [-0.4, -0.2) is 16.3 Å². The third kappa shape index (κ3) is 1.71. The fourth-order valence-electron chi connectivity index (χ4n) is 2.15. The third-order valence-electron chi connectivity index (χ3n) is 2.82. The van der Waals surface area contributed by atoms with E-state index in [-0.39, 0.29) is 0 Å². The van der Waals surface area contributed by atoms with Gasteiger partial charge in [-0.15, -0.1) is 0 Å². The molecule has 1 aromatic rings. The number of fused-ring (bicyclic) bond motifs is 1. The predicted molar refractivity (Wildman–Crippen MR) is 62.5 cm³/mol. The zero-order valence-electron chi connectivity index (χ0n) is 8.58. The molecule has 76 valence electrons. The molecule has 0 heterocycles. The minimum atomic E-state index is -2.04. The number of rotatable bonds is 1. The Morgan fingerprint density at radius 3 is 2.71 bits per heavy atom. The van der Waals surface area contributed by atoms with Gasteiger partial charge >= 0.3 is 0 Å². The Hall–Kier alpha value is -0.760. The van der Waals surface area contributed by atoms with Crippen LogP contribution < -0.4 is 0 Å². The van der Waals surface area contributed by atoms with Gasteiger partial charge in [0, 0.05) is 11.2 Å². The molecular weight excluding hydrogens is 192 g/mol. The summed E-state index contributed by atoms with van der Waals surface area (Å²) >= 11 is 0. The summed E-state index contributed by atoms with van der Waals surface area (Å²) in [7, 11) is -2.04. The van der Waals surface area contributed by atoms with E-state index in [1.165, 1.54) is 24.0 Å². The van der Waals surface area contributed by atoms with E-state index in [9.17, 15) is 4.21 Å². The van der Waals surface area contributed by atoms with Crippen LogP contribution in [0.5, 0.6) is 0 Å². The predicted octanol–water partition coefficient (Wildman–Crippen LogP) is 2.27. The third-order valence-corrected chi connectivity index (χ3v) is 4.13. The molecule has 0 amide bonds. The van der Waals surface area contributed by atoms with E-state index in [2.05, 4.69) is 11.9 Å². The van der Waals surface area contributed by atoms with Crippen LogP contribution in [-0.2, 0) is 22.4 Å². The lowest BCUT2D eigenvalue weighted by Crippen LogP contribution is -2.09. The summed E-state index contributed by atoms with van der Waals surface area (Å²) in [5.74, 6) is 3.78. The van der Waals surface area contributed by atoms with E-state index in [1.54, 1.807) is 6.26 Å². The van der Waals surface area contributed by atoms with Crippen LogP contribution in [0.2, 0.25) is 0 Å². The van der Waals surface area contributed by atoms with Crippen molar-refractivity contribution in [2.24, 2.45) is 0 Å². The Morgan fingerprint density at radius 2 is 2.00 bits per heavy atom. The first-order valence-corrected chi connectivity index (χ1v) is 7.15. The molecule has 0 aromatic heterocycles. The SMILES string of the molecule is C=S(C)(=O)c1cccc2c1CCCC2. The molecule has 2 heteroatoms. The molecule has 14 heavy (non-hydrogen) atoms. The highest BCUT2D eigenvalue weighted by molar-refractivity contribution is 7.99. The Labute approximate surface area is 86.2 Å². The van der Waals surface area contributed by atoms with Gasteiger partial charge in [0.25, 0.3) is 0 Å². The maximum atomic E-state index is 11.9. The summed E-state index contributed by atoms with van der Waals surface area (Å²) in [6, 6.07) is 6.14. The molecule has 0 saturated heterocycles. The maximum absolute atomic E-state index is 11.9. The van der Waals surface area contributed by atoms with Crippen LogP contribution in [0.3, 0.4) is 0 Å². The van der Waals surface area contributed by atoms with Crippen molar-refractivity contribution in [3.8, 4) is 0 Å². The van der Waals surface area contributed by atoms with Crippen molar-refractivity contribution in [3.05, 3.63) is 29.3 Å². The average Bonchev–Trinajstić information content (AvgIpc) is 2.15. The van der Waals surface area contributed by atoms with Crippen LogP contribution in [0.4, 0.5) is 0 Å². The zero-order valence-corrected chi connectivity index (χ0v) is 9.40. The lowest BCUT2D eigenvalue weighted by atomic mass is 9.92. The van der Waals surface area contributed by atoms with Crippen LogP contribution in [0.1, 0.15) is 24.0 Å². The Bertz CT molecular complexity index is 443. The summed E-state index contributed by atoms with van der Waals surface area (Å²) in [6.07, 6.45) is 6.43. The van der Waals surface area contributed by atoms with Crippen LogP contribution in [0.25, 0.3) is 0 Å². The largest absolute Gasteiger partial charge is 0.263 e. The molecule has 1 atom stereocenters. The first-order valence-electron chi connectivity index (χ1n) is 5.02. The van der Waals surface area contributed by atoms with Crippen molar-refractivity contribution in [1.82, 2.24) is 0 Å². The Kier molecular flexibility index (Phi) is 2.40. The highest BCUT2D eigenvalue weighted by Gasteiger charge is 2.15. The van der Waals surface area contributed by atoms with Crippen molar-refractivity contribution in [2.45, 2.75) is 30.6 Å². The standard InChI is InChI=1S/C12H16OS/c1-14(2,13)12-9-5-7-10-6-3-4-8-11(10)12/h5,7,9H,1,3-4,6,8H2,2H3. The highest BCUT2D eigenvalue weighted by Crippen LogP contribution is 2.27. The van der Waals surface area contributed by atoms with Crippen molar-refractivity contribution >= 4 is 15.4 Å². The quantitative estimate of drug-likeness (QED) is 0.647. The smallest absolute Gasteiger partial charge is 0.0337 e. The second kappa shape index (κ2) is 3.43. The molecule has 0 saturated carbocycles. The minimum absolute atomic E-state index is 0.981. The van der Waals surface area contributed by atoms with Crippen molar-refractivity contribution in [3.63, 3.8) is 0 Å². The van der Waals surface area contributed by atoms with Gasteiger partial charge in [0.1, 0.15) is 0 Å². The van der Waals surface area contributed by atoms with Gasteiger partial charge in [-0.05, 0) is 58.3 Å². The van der Waals surface area contributed by atoms with Gasteiger partial charge < -0.3 is 0 Å². The van der Waals surface area contributed by atoms with Crippen LogP contribution in [0, 0.1) is 0 Å². The Balaban J connectivity index is 2.62. The minimum Gasteiger partial charge on any atom is -0.263 e. The van der Waals surface area contributed by atoms with Crippen molar-refractivity contribution in [2.75, 3.05) is 6.26 Å². The summed E-state index contributed by atoms with van der Waals surface area (Å²) in [6.45, 7) is 0. The van der Waals surface area contributed by atoms with Crippen LogP contribution >= 0.6 is 0 Å². The highest BCUT2D eigenvalue weighted by atomic mass is 32.2. The molecule has 0 N–H and O–H groups in total. The maximum Gasteiger partial charge on any atom is 0.0337 e. The van der Waals surface area contributed by atoms with E-state index in [0.717, 1.165) is 17.7 Å². The first-order chi connectivity index (χ1) is 6.59. The van der Waals surface area contributed by atoms with E-state index in [0.29, 0.717) is 0 Å². The van der Waals surface area contributed by atoms with Crippen LogP contribution in [0.15, 0.2) is 23.1 Å². The average molecular weight is 208 g/mol. The van der Waals surface area contributed by atoms with Gasteiger partial charge in [-0.3, -0.25) is 4.21 Å². The second-order valence-electron chi connectivity index (χ2n) is 4.11. The van der Waals surface area contributed by atoms with E-state index in [1.807, 2.05) is 12.1 Å². The molecule has 0 spiro atoms. The van der Waals surface area contributed by atoms with Gasteiger partial charge in [-0.2, -0.15) is 0 Å². The molecular formula is C12H16OS. The second-order valence-corrected chi connectivity index (χ2v) is 6.56. The first kappa shape index (κ1) is 9.78. The van der Waals surface area contributed by atoms with Gasteiger partial charge in [-0.1, -0.05) is 12.1 Å². The van der Waals surface area contributed by atoms with Crippen molar-refractivity contribution in [1.29, 1.82) is 0 Å². The summed E-state index contributed by atoms with van der Waals surface area (Å²) in [5, 5.41) is 0. The molecule has 1 nitrogen and oxygen atoms in total. The molecule has 2 rings (SSSR count). The van der Waals surface area contributed by atoms with E-state index >= 15 is 0 Å². The fraction of sp³-hybridized carbons (Fsp3) is 0.417. The fourth-order valence-corrected chi connectivity index (χ4v) is 3.27. The molecule has 0 radical (unpaired) electrons. The number of benzene rings is 1. The normalized spacial score (nSPS) is 19.8. The summed E-state index contributed by atoms with van der Waals surface area (Å²) in [5.41, 5.74) is 2.69. The van der Waals surface area contributed by atoms with E-state index < -0.39 is 9.52 Å². The van der Waals surface area contributed by atoms with Crippen molar-refractivity contribution < 1.29 is 4.21 Å². The van der Waals surface area contributed by atoms with Gasteiger partial charge in [0.2, 0.25) is 0 Å². The molecule has 1 aliphatic rings. The molecule has 1 aromatic carbocycles. The van der Waals surface area contributed by atoms with Gasteiger partial charge in [0.05, 0.1) is 0 Å². The molecule has 1 aliphatic carbocycles. The van der Waals surface area contributed by atoms with E-state index in [4.69, 9.17) is 0 Å². The monoisotopic (exact) mass is 208 g/mol. The summed E-state index contributed by atoms with van der Waals surface area (Å²) in [4.78, 5) is 0.981. The zero-order chi connectivity index (χ0) is 10.2. The number of aryl methyl sites for hydroxylation is 1. The molecule has 1 unspecified atom stereocenters.